The first-order valence-corrected chi connectivity index (χ1v) is 28.6. The molecule has 324 valence electrons. The van der Waals surface area contributed by atoms with Crippen molar-refractivity contribution in [2.24, 2.45) is 11.8 Å². The Labute approximate surface area is 399 Å². The summed E-state index contributed by atoms with van der Waals surface area (Å²) in [4.78, 5) is 22.8. The molecule has 0 aliphatic carbocycles. The molecule has 0 N–H and O–H groups in total. The van der Waals surface area contributed by atoms with Gasteiger partial charge in [0.05, 0.1) is 43.9 Å². The van der Waals surface area contributed by atoms with E-state index in [1.165, 1.54) is 104 Å². The molecule has 4 unspecified atom stereocenters. The molecule has 2 aromatic carbocycles. The molecule has 0 fully saturated rings. The highest BCUT2D eigenvalue weighted by atomic mass is 32.2. The van der Waals surface area contributed by atoms with E-state index in [0.717, 1.165) is 81.5 Å². The lowest BCUT2D eigenvalue weighted by Gasteiger charge is -2.23. The summed E-state index contributed by atoms with van der Waals surface area (Å²) >= 11 is 9.76. The van der Waals surface area contributed by atoms with Gasteiger partial charge in [0, 0.05) is 50.8 Å². The van der Waals surface area contributed by atoms with E-state index in [1.807, 2.05) is 41.0 Å². The van der Waals surface area contributed by atoms with Gasteiger partial charge in [-0.3, -0.25) is 9.97 Å². The molecule has 4 atom stereocenters. The van der Waals surface area contributed by atoms with Gasteiger partial charge in [0.1, 0.15) is 58.6 Å². The number of hydrogen-bond acceptors (Lipinski definition) is 14. The number of hydrogen-bond donors (Lipinski definition) is 0. The third kappa shape index (κ3) is 7.30. The van der Waals surface area contributed by atoms with Crippen molar-refractivity contribution in [2.75, 3.05) is 0 Å². The van der Waals surface area contributed by atoms with Crippen LogP contribution in [0.4, 0.5) is 0 Å². The molecule has 0 amide bonds. The average Bonchev–Trinajstić information content (AvgIpc) is 4.19. The average molecular weight is 972 g/mol. The van der Waals surface area contributed by atoms with Crippen LogP contribution in [0.3, 0.4) is 0 Å². The van der Waals surface area contributed by atoms with Gasteiger partial charge >= 0.3 is 0 Å². The highest BCUT2D eigenvalue weighted by molar-refractivity contribution is 7.49. The van der Waals surface area contributed by atoms with Crippen LogP contribution in [0, 0.1) is 11.8 Å². The minimum atomic E-state index is -0.111. The Morgan fingerprint density at radius 3 is 1.83 bits per heavy atom. The quantitative estimate of drug-likeness (QED) is 0.0882. The lowest BCUT2D eigenvalue weighted by molar-refractivity contribution is 0.392. The molecule has 11 rings (SSSR count). The van der Waals surface area contributed by atoms with Crippen molar-refractivity contribution in [3.05, 3.63) is 72.6 Å². The van der Waals surface area contributed by atoms with Gasteiger partial charge in [-0.15, -0.1) is 45.3 Å². The number of pyridine rings is 2. The maximum Gasteiger partial charge on any atom is 0.197 e. The van der Waals surface area contributed by atoms with Crippen LogP contribution in [0.15, 0.2) is 67.0 Å². The van der Waals surface area contributed by atoms with Gasteiger partial charge in [-0.05, 0) is 65.8 Å². The van der Waals surface area contributed by atoms with Crippen molar-refractivity contribution in [3.63, 3.8) is 0 Å². The second kappa shape index (κ2) is 17.9. The second-order valence-corrected chi connectivity index (χ2v) is 24.0. The highest BCUT2D eigenvalue weighted by Crippen LogP contribution is 2.59. The minimum absolute atomic E-state index is 0.111. The first-order valence-electron chi connectivity index (χ1n) is 22.4. The summed E-state index contributed by atoms with van der Waals surface area (Å²) in [6, 6.07) is 19.1. The predicted molar refractivity (Wildman–Crippen MR) is 280 cm³/mol. The molecule has 15 heteroatoms. The Morgan fingerprint density at radius 2 is 1.22 bits per heavy atom. The molecule has 0 spiro atoms. The van der Waals surface area contributed by atoms with E-state index in [2.05, 4.69) is 83.3 Å². The van der Waals surface area contributed by atoms with Crippen molar-refractivity contribution >= 4 is 141 Å². The van der Waals surface area contributed by atoms with Crippen LogP contribution < -0.4 is 0 Å². The fourth-order valence-electron chi connectivity index (χ4n) is 9.36. The molecule has 0 bridgehead atoms. The predicted octanol–water partition coefficient (Wildman–Crippen LogP) is 17.1. The fraction of sp³-hybridized carbons (Fsp3) is 0.347. The first-order chi connectivity index (χ1) is 31.5. The van der Waals surface area contributed by atoms with E-state index >= 15 is 0 Å². The number of rotatable bonds is 16. The van der Waals surface area contributed by atoms with E-state index in [4.69, 9.17) is 37.4 Å². The lowest BCUT2D eigenvalue weighted by Crippen LogP contribution is -2.10. The van der Waals surface area contributed by atoms with Crippen molar-refractivity contribution in [3.8, 4) is 42.3 Å². The van der Waals surface area contributed by atoms with Gasteiger partial charge in [-0.25, -0.2) is 9.97 Å². The van der Waals surface area contributed by atoms with Crippen molar-refractivity contribution in [1.29, 1.82) is 0 Å². The number of para-hydroxylation sites is 2. The van der Waals surface area contributed by atoms with E-state index < -0.39 is 0 Å². The molecular formula is C49H47N8S7+. The third-order valence-corrected chi connectivity index (χ3v) is 21.5. The molecule has 8 nitrogen and oxygen atoms in total. The molecule has 9 aromatic heterocycles. The molecule has 11 aromatic rings. The molecule has 0 aliphatic heterocycles. The van der Waals surface area contributed by atoms with E-state index in [1.54, 1.807) is 27.4 Å². The van der Waals surface area contributed by atoms with Crippen LogP contribution in [-0.2, 0) is 5.75 Å². The van der Waals surface area contributed by atoms with Crippen molar-refractivity contribution in [2.45, 2.75) is 97.7 Å². The molecule has 64 heavy (non-hydrogen) atoms. The van der Waals surface area contributed by atoms with E-state index in [9.17, 15) is 0 Å². The first kappa shape index (κ1) is 42.4. The van der Waals surface area contributed by atoms with E-state index in [-0.39, 0.29) is 10.5 Å². The highest BCUT2D eigenvalue weighted by Gasteiger charge is 2.37. The van der Waals surface area contributed by atoms with Gasteiger partial charge < -0.3 is 0 Å². The van der Waals surface area contributed by atoms with Crippen LogP contribution in [0.2, 0.25) is 0 Å². The van der Waals surface area contributed by atoms with Crippen LogP contribution in [0.25, 0.3) is 104 Å². The number of unbranched alkanes of at least 4 members (excludes halogenated alkanes) is 2. The van der Waals surface area contributed by atoms with Crippen molar-refractivity contribution in [1.82, 2.24) is 37.4 Å². The van der Waals surface area contributed by atoms with Gasteiger partial charge in [0.15, 0.2) is 9.40 Å². The number of benzene rings is 2. The van der Waals surface area contributed by atoms with Gasteiger partial charge in [0.2, 0.25) is 0 Å². The molecule has 0 saturated carbocycles. The maximum atomic E-state index is 5.23. The van der Waals surface area contributed by atoms with Crippen LogP contribution >= 0.6 is 79.3 Å². The molecular weight excluding hydrogens is 925 g/mol. The molecule has 0 radical (unpaired) electrons. The summed E-state index contributed by atoms with van der Waals surface area (Å²) in [5.41, 5.74) is 10.8. The topological polar surface area (TPSA) is 103 Å². The zero-order valence-corrected chi connectivity index (χ0v) is 42.1. The largest absolute Gasteiger partial charge is 0.251 e. The van der Waals surface area contributed by atoms with Crippen molar-refractivity contribution < 1.29 is 0 Å². The zero-order chi connectivity index (χ0) is 43.5. The SMILES string of the molecule is CCCCC(CC)C[s+]1c2cc(-c3cnc(-c4nc5ccccc5s4)c4nsnc34)sc2c2sc(-c3cnc(-c4nc5ccccc5s4)c4nsnc34)c(C(C)C(CC)CCCC)c21. The van der Waals surface area contributed by atoms with Gasteiger partial charge in [-0.1, -0.05) is 91.0 Å². The summed E-state index contributed by atoms with van der Waals surface area (Å²) in [6.45, 7) is 12.0. The summed E-state index contributed by atoms with van der Waals surface area (Å²) in [7, 11) is -0.111. The Morgan fingerprint density at radius 1 is 0.625 bits per heavy atom. The second-order valence-electron chi connectivity index (χ2n) is 16.8. The summed E-state index contributed by atoms with van der Waals surface area (Å²) in [5, 5.41) is 1.77. The summed E-state index contributed by atoms with van der Waals surface area (Å²) in [5.74, 6) is 2.76. The Balaban J connectivity index is 1.12. The number of thiophene rings is 3. The molecule has 9 heterocycles. The smallest absolute Gasteiger partial charge is 0.197 e. The normalized spacial score (nSPS) is 14.0. The minimum Gasteiger partial charge on any atom is -0.251 e. The zero-order valence-electron chi connectivity index (χ0n) is 36.4. The summed E-state index contributed by atoms with van der Waals surface area (Å²) < 4.78 is 28.0. The lowest BCUT2D eigenvalue weighted by atomic mass is 9.82. The molecule has 0 saturated heterocycles. The number of aromatic nitrogens is 8. The molecule has 0 aliphatic rings. The van der Waals surface area contributed by atoms with Crippen LogP contribution in [0.5, 0.6) is 0 Å². The Bertz CT molecular complexity index is 3390. The van der Waals surface area contributed by atoms with Crippen LogP contribution in [-0.4, -0.2) is 37.4 Å². The summed E-state index contributed by atoms with van der Waals surface area (Å²) in [6.07, 6.45) is 13.9. The van der Waals surface area contributed by atoms with E-state index in [0.29, 0.717) is 17.8 Å². The van der Waals surface area contributed by atoms with Gasteiger partial charge in [0.25, 0.3) is 0 Å². The number of nitrogens with zero attached hydrogens (tertiary/aromatic N) is 8. The third-order valence-electron chi connectivity index (χ3n) is 13.0. The van der Waals surface area contributed by atoms with Gasteiger partial charge in [-0.2, -0.15) is 17.5 Å². The van der Waals surface area contributed by atoms with Crippen LogP contribution in [0.1, 0.15) is 97.5 Å². The fourth-order valence-corrected chi connectivity index (χ4v) is 19.0. The Kier molecular flexibility index (Phi) is 11.8. The Hall–Kier alpha value is -4.22. The maximum absolute atomic E-state index is 5.23. The monoisotopic (exact) mass is 971 g/mol. The standard InChI is InChI=1S/C49H47N8S7/c1-6-10-16-27(8-3)25-64-36-22-35(29-23-50-42(40-38(29)54-62-56-40)48-52-31-18-12-14-20-33(31)59-48)58-45(36)46-47(64)37(26(5)28(9-4)17-11-7-2)44(61-46)30-24-51-43(41-39(30)55-63-57-41)49-53-32-19-13-15-21-34(32)60-49/h12-15,18-24,26-28H,6-11,16-17,25H2,1-5H3/q+1. The number of fused-ring (bicyclic) bond motifs is 7. The number of thiazole rings is 2.